The zero-order valence-electron chi connectivity index (χ0n) is 13.5. The van der Waals surface area contributed by atoms with Crippen LogP contribution in [0.1, 0.15) is 28.8 Å². The van der Waals surface area contributed by atoms with Crippen molar-refractivity contribution in [3.05, 3.63) is 71.5 Å². The van der Waals surface area contributed by atoms with Crippen molar-refractivity contribution in [3.8, 4) is 0 Å². The van der Waals surface area contributed by atoms with E-state index in [0.29, 0.717) is 12.8 Å². The van der Waals surface area contributed by atoms with Crippen LogP contribution in [0.3, 0.4) is 0 Å². The minimum absolute atomic E-state index is 0.173. The number of carbonyl (C=O) groups is 2. The Morgan fingerprint density at radius 3 is 2.54 bits per heavy atom. The largest absolute Gasteiger partial charge is 0.467 e. The van der Waals surface area contributed by atoms with E-state index in [2.05, 4.69) is 5.32 Å². The summed E-state index contributed by atoms with van der Waals surface area (Å²) >= 11 is 0. The Hall–Kier alpha value is -2.69. The third kappa shape index (κ3) is 5.19. The number of amides is 1. The molecule has 1 atom stereocenters. The molecule has 0 aromatic heterocycles. The van der Waals surface area contributed by atoms with Gasteiger partial charge in [-0.25, -0.2) is 9.18 Å². The summed E-state index contributed by atoms with van der Waals surface area (Å²) in [4.78, 5) is 24.1. The van der Waals surface area contributed by atoms with Crippen LogP contribution in [-0.2, 0) is 16.0 Å². The van der Waals surface area contributed by atoms with Crippen LogP contribution in [0, 0.1) is 5.82 Å². The Morgan fingerprint density at radius 1 is 1.12 bits per heavy atom. The van der Waals surface area contributed by atoms with Crippen molar-refractivity contribution in [1.82, 2.24) is 5.32 Å². The first-order valence-corrected chi connectivity index (χ1v) is 7.78. The number of ether oxygens (including phenoxy) is 1. The van der Waals surface area contributed by atoms with Gasteiger partial charge in [-0.1, -0.05) is 36.4 Å². The first-order valence-electron chi connectivity index (χ1n) is 7.78. The van der Waals surface area contributed by atoms with E-state index in [4.69, 9.17) is 4.74 Å². The zero-order chi connectivity index (χ0) is 17.4. The van der Waals surface area contributed by atoms with E-state index in [1.165, 1.54) is 25.3 Å². The summed E-state index contributed by atoms with van der Waals surface area (Å²) < 4.78 is 18.0. The molecule has 4 nitrogen and oxygen atoms in total. The minimum atomic E-state index is -0.755. The van der Waals surface area contributed by atoms with Crippen LogP contribution in [-0.4, -0.2) is 25.0 Å². The quantitative estimate of drug-likeness (QED) is 0.794. The summed E-state index contributed by atoms with van der Waals surface area (Å²) in [6.07, 6.45) is 1.96. The molecule has 0 heterocycles. The van der Waals surface area contributed by atoms with Crippen molar-refractivity contribution in [1.29, 1.82) is 0 Å². The summed E-state index contributed by atoms with van der Waals surface area (Å²) in [7, 11) is 1.28. The van der Waals surface area contributed by atoms with E-state index >= 15 is 0 Å². The van der Waals surface area contributed by atoms with Gasteiger partial charge in [0.15, 0.2) is 0 Å². The van der Waals surface area contributed by atoms with Gasteiger partial charge in [-0.2, -0.15) is 0 Å². The molecule has 2 aromatic carbocycles. The van der Waals surface area contributed by atoms with Crippen molar-refractivity contribution in [3.63, 3.8) is 0 Å². The lowest BCUT2D eigenvalue weighted by Gasteiger charge is -2.16. The third-order valence-corrected chi connectivity index (χ3v) is 3.68. The summed E-state index contributed by atoms with van der Waals surface area (Å²) in [6, 6.07) is 14.5. The van der Waals surface area contributed by atoms with Crippen LogP contribution >= 0.6 is 0 Å². The van der Waals surface area contributed by atoms with Gasteiger partial charge >= 0.3 is 5.97 Å². The van der Waals surface area contributed by atoms with Crippen molar-refractivity contribution in [2.24, 2.45) is 0 Å². The highest BCUT2D eigenvalue weighted by molar-refractivity contribution is 5.96. The number of hydrogen-bond donors (Lipinski definition) is 1. The fraction of sp³-hybridized carbons (Fsp3) is 0.263. The zero-order valence-corrected chi connectivity index (χ0v) is 13.5. The topological polar surface area (TPSA) is 55.4 Å². The molecule has 0 aliphatic rings. The van der Waals surface area contributed by atoms with Gasteiger partial charge in [0.25, 0.3) is 5.91 Å². The Bertz CT molecular complexity index is 688. The number of esters is 1. The predicted octanol–water partition coefficient (Wildman–Crippen LogP) is 3.12. The fourth-order valence-electron chi connectivity index (χ4n) is 2.42. The third-order valence-electron chi connectivity index (χ3n) is 3.68. The van der Waals surface area contributed by atoms with E-state index in [1.54, 1.807) is 0 Å². The van der Waals surface area contributed by atoms with E-state index in [-0.39, 0.29) is 5.56 Å². The molecule has 0 radical (unpaired) electrons. The molecule has 0 fully saturated rings. The second-order valence-electron chi connectivity index (χ2n) is 5.44. The molecule has 0 bridgehead atoms. The van der Waals surface area contributed by atoms with Crippen LogP contribution in [0.5, 0.6) is 0 Å². The van der Waals surface area contributed by atoms with Gasteiger partial charge in [0, 0.05) is 5.56 Å². The number of benzene rings is 2. The standard InChI is InChI=1S/C19H20FNO3/c1-24-19(23)17(12-5-9-14-7-3-2-4-8-14)21-18(22)15-10-6-11-16(20)13-15/h2-4,6-8,10-11,13,17H,5,9,12H2,1H3,(H,21,22)/t17-/m1/s1. The molecule has 126 valence electrons. The lowest BCUT2D eigenvalue weighted by atomic mass is 10.0. The molecule has 1 amide bonds. The van der Waals surface area contributed by atoms with Gasteiger partial charge in [0.05, 0.1) is 7.11 Å². The van der Waals surface area contributed by atoms with E-state index in [1.807, 2.05) is 30.3 Å². The normalized spacial score (nSPS) is 11.6. The van der Waals surface area contributed by atoms with Crippen LogP contribution in [0.4, 0.5) is 4.39 Å². The second kappa shape index (κ2) is 8.82. The molecule has 0 saturated heterocycles. The number of nitrogens with one attached hydrogen (secondary N) is 1. The highest BCUT2D eigenvalue weighted by atomic mass is 19.1. The molecular weight excluding hydrogens is 309 g/mol. The van der Waals surface area contributed by atoms with Gasteiger partial charge in [-0.15, -0.1) is 0 Å². The second-order valence-corrected chi connectivity index (χ2v) is 5.44. The van der Waals surface area contributed by atoms with Crippen LogP contribution in [0.15, 0.2) is 54.6 Å². The number of aryl methyl sites for hydroxylation is 1. The first-order chi connectivity index (χ1) is 11.6. The van der Waals surface area contributed by atoms with E-state index in [9.17, 15) is 14.0 Å². The van der Waals surface area contributed by atoms with Gasteiger partial charge in [-0.05, 0) is 43.0 Å². The SMILES string of the molecule is COC(=O)[C@@H](CCCc1ccccc1)NC(=O)c1cccc(F)c1. The van der Waals surface area contributed by atoms with Crippen molar-refractivity contribution in [2.45, 2.75) is 25.3 Å². The Morgan fingerprint density at radius 2 is 1.88 bits per heavy atom. The number of carbonyl (C=O) groups excluding carboxylic acids is 2. The monoisotopic (exact) mass is 329 g/mol. The smallest absolute Gasteiger partial charge is 0.328 e. The first kappa shape index (κ1) is 17.7. The molecule has 1 N–H and O–H groups in total. The minimum Gasteiger partial charge on any atom is -0.467 e. The molecule has 5 heteroatoms. The number of methoxy groups -OCH3 is 1. The molecule has 0 spiro atoms. The number of halogens is 1. The molecular formula is C19H20FNO3. The Kier molecular flexibility index (Phi) is 6.49. The fourth-order valence-corrected chi connectivity index (χ4v) is 2.42. The Balaban J connectivity index is 1.95. The predicted molar refractivity (Wildman–Crippen MR) is 89.1 cm³/mol. The van der Waals surface area contributed by atoms with Crippen LogP contribution in [0.2, 0.25) is 0 Å². The van der Waals surface area contributed by atoms with Gasteiger partial charge in [0.1, 0.15) is 11.9 Å². The summed E-state index contributed by atoms with van der Waals surface area (Å²) in [5, 5.41) is 2.62. The van der Waals surface area contributed by atoms with Crippen molar-refractivity contribution in [2.75, 3.05) is 7.11 Å². The summed E-state index contributed by atoms with van der Waals surface area (Å²) in [5.74, 6) is -1.50. The van der Waals surface area contributed by atoms with Crippen molar-refractivity contribution < 1.29 is 18.7 Å². The highest BCUT2D eigenvalue weighted by Gasteiger charge is 2.21. The molecule has 0 aliphatic heterocycles. The highest BCUT2D eigenvalue weighted by Crippen LogP contribution is 2.09. The maximum atomic E-state index is 13.2. The van der Waals surface area contributed by atoms with Crippen molar-refractivity contribution >= 4 is 11.9 Å². The molecule has 0 saturated carbocycles. The molecule has 0 aliphatic carbocycles. The van der Waals surface area contributed by atoms with E-state index in [0.717, 1.165) is 18.1 Å². The van der Waals surface area contributed by atoms with Gasteiger partial charge in [0.2, 0.25) is 0 Å². The molecule has 24 heavy (non-hydrogen) atoms. The van der Waals surface area contributed by atoms with E-state index < -0.39 is 23.7 Å². The maximum Gasteiger partial charge on any atom is 0.328 e. The molecule has 2 aromatic rings. The number of rotatable bonds is 7. The maximum absolute atomic E-state index is 13.2. The molecule has 2 rings (SSSR count). The lowest BCUT2D eigenvalue weighted by Crippen LogP contribution is -2.41. The number of hydrogen-bond acceptors (Lipinski definition) is 3. The average molecular weight is 329 g/mol. The average Bonchev–Trinajstić information content (AvgIpc) is 2.61. The summed E-state index contributed by atoms with van der Waals surface area (Å²) in [6.45, 7) is 0. The van der Waals surface area contributed by atoms with Gasteiger partial charge < -0.3 is 10.1 Å². The van der Waals surface area contributed by atoms with Crippen LogP contribution < -0.4 is 5.32 Å². The summed E-state index contributed by atoms with van der Waals surface area (Å²) in [5.41, 5.74) is 1.34. The lowest BCUT2D eigenvalue weighted by molar-refractivity contribution is -0.143. The Labute approximate surface area is 140 Å². The van der Waals surface area contributed by atoms with Crippen LogP contribution in [0.25, 0.3) is 0 Å². The van der Waals surface area contributed by atoms with Gasteiger partial charge in [-0.3, -0.25) is 4.79 Å². The molecule has 0 unspecified atom stereocenters.